The predicted octanol–water partition coefficient (Wildman–Crippen LogP) is 20.1. The number of hydrogen-bond donors (Lipinski definition) is 0. The number of benzene rings is 6. The summed E-state index contributed by atoms with van der Waals surface area (Å²) in [5.74, 6) is 7.24. The average Bonchev–Trinajstić information content (AvgIpc) is 1.66. The van der Waals surface area contributed by atoms with E-state index < -0.39 is 0 Å². The Kier molecular flexibility index (Phi) is 28.6. The van der Waals surface area contributed by atoms with Crippen LogP contribution in [-0.2, 0) is 33.6 Å². The highest BCUT2D eigenvalue weighted by Crippen LogP contribution is 2.49. The summed E-state index contributed by atoms with van der Waals surface area (Å²) >= 11 is 0. The fourth-order valence-corrected chi connectivity index (χ4v) is 21.6. The van der Waals surface area contributed by atoms with E-state index >= 15 is 0 Å². The molecule has 0 spiro atoms. The molecule has 3 aliphatic heterocycles. The van der Waals surface area contributed by atoms with E-state index in [-0.39, 0.29) is 5.91 Å². The largest absolute Gasteiger partial charge is 0.337 e. The molecule has 9 nitrogen and oxygen atoms in total. The Hall–Kier alpha value is -6.39. The number of rotatable bonds is 27. The quantitative estimate of drug-likeness (QED) is 0.0512. The van der Waals surface area contributed by atoms with Gasteiger partial charge in [-0.3, -0.25) is 14.4 Å². The molecule has 0 radical (unpaired) electrons. The third kappa shape index (κ3) is 22.0. The van der Waals surface area contributed by atoms with Crippen LogP contribution >= 0.6 is 0 Å². The van der Waals surface area contributed by atoms with Crippen molar-refractivity contribution in [2.45, 2.75) is 267 Å². The Morgan fingerprint density at radius 3 is 0.781 bits per heavy atom. The summed E-state index contributed by atoms with van der Waals surface area (Å²) in [6, 6.07) is 69.1. The van der Waals surface area contributed by atoms with Gasteiger partial charge in [0.15, 0.2) is 0 Å². The lowest BCUT2D eigenvalue weighted by molar-refractivity contribution is -0.136. The van der Waals surface area contributed by atoms with Crippen LogP contribution in [0.2, 0.25) is 0 Å². The van der Waals surface area contributed by atoms with Crippen molar-refractivity contribution in [1.82, 2.24) is 29.4 Å². The molecule has 3 unspecified atom stereocenters. The Morgan fingerprint density at radius 2 is 0.543 bits per heavy atom. The maximum atomic E-state index is 12.8. The van der Waals surface area contributed by atoms with E-state index in [0.717, 1.165) is 37.0 Å². The number of hydrogen-bond acceptors (Lipinski definition) is 6. The first-order valence-electron chi connectivity index (χ1n) is 42.8. The Balaban J connectivity index is 0.000000140. The van der Waals surface area contributed by atoms with Crippen molar-refractivity contribution >= 4 is 17.7 Å². The highest BCUT2D eigenvalue weighted by atomic mass is 16.2. The molecular formula is C96H132N6O3. The number of aryl methyl sites for hydroxylation is 3. The molecule has 6 aromatic carbocycles. The molecule has 3 amide bonds. The van der Waals surface area contributed by atoms with Crippen molar-refractivity contribution in [3.05, 3.63) is 215 Å². The zero-order chi connectivity index (χ0) is 72.1. The minimum atomic E-state index is 0.288. The third-order valence-corrected chi connectivity index (χ3v) is 27.5. The van der Waals surface area contributed by atoms with Crippen molar-refractivity contribution in [3.63, 3.8) is 0 Å². The van der Waals surface area contributed by atoms with E-state index in [1.165, 1.54) is 266 Å². The minimum Gasteiger partial charge on any atom is -0.337 e. The van der Waals surface area contributed by atoms with E-state index in [1.807, 2.05) is 6.92 Å². The summed E-state index contributed by atoms with van der Waals surface area (Å²) in [6.45, 7) is 16.5. The van der Waals surface area contributed by atoms with E-state index in [2.05, 4.69) is 211 Å². The average molecular weight is 1420 g/mol. The van der Waals surface area contributed by atoms with Gasteiger partial charge >= 0.3 is 0 Å². The molecule has 0 N–H and O–H groups in total. The van der Waals surface area contributed by atoms with Crippen LogP contribution in [0.3, 0.4) is 0 Å². The molecule has 3 heterocycles. The van der Waals surface area contributed by atoms with Gasteiger partial charge in [-0.15, -0.1) is 0 Å². The van der Waals surface area contributed by atoms with Crippen LogP contribution in [0.15, 0.2) is 182 Å². The Bertz CT molecular complexity index is 3490. The normalized spacial score (nSPS) is 25.9. The molecular weight excluding hydrogens is 1290 g/mol. The lowest BCUT2D eigenvalue weighted by atomic mass is 9.87. The predicted molar refractivity (Wildman–Crippen MR) is 433 cm³/mol. The summed E-state index contributed by atoms with van der Waals surface area (Å²) in [4.78, 5) is 53.0. The summed E-state index contributed by atoms with van der Waals surface area (Å²) in [6.07, 6.45) is 37.8. The van der Waals surface area contributed by atoms with E-state index in [9.17, 15) is 14.4 Å². The zero-order valence-corrected chi connectivity index (χ0v) is 65.0. The number of nitrogens with zero attached hydrogens (tertiary/aromatic N) is 6. The van der Waals surface area contributed by atoms with Crippen LogP contribution in [0.25, 0.3) is 0 Å². The van der Waals surface area contributed by atoms with E-state index in [0.29, 0.717) is 83.6 Å². The van der Waals surface area contributed by atoms with E-state index in [4.69, 9.17) is 0 Å². The molecule has 9 aliphatic rings. The first kappa shape index (κ1) is 76.8. The Morgan fingerprint density at radius 1 is 0.295 bits per heavy atom. The summed E-state index contributed by atoms with van der Waals surface area (Å²) < 4.78 is 0. The fourth-order valence-electron chi connectivity index (χ4n) is 21.6. The van der Waals surface area contributed by atoms with Gasteiger partial charge in [0, 0.05) is 76.7 Å². The van der Waals surface area contributed by atoms with Crippen LogP contribution < -0.4 is 0 Å². The van der Waals surface area contributed by atoms with Gasteiger partial charge in [-0.1, -0.05) is 214 Å². The number of piperidine rings is 3. The van der Waals surface area contributed by atoms with Crippen molar-refractivity contribution in [2.75, 3.05) is 58.9 Å². The van der Waals surface area contributed by atoms with Crippen LogP contribution in [0.4, 0.5) is 0 Å². The fraction of sp³-hybridized carbons (Fsp3) is 0.594. The molecule has 105 heavy (non-hydrogen) atoms. The van der Waals surface area contributed by atoms with Crippen LogP contribution in [0, 0.1) is 35.5 Å². The molecule has 6 aromatic rings. The molecule has 15 rings (SSSR count). The lowest BCUT2D eigenvalue weighted by Crippen LogP contribution is -2.48. The highest BCUT2D eigenvalue weighted by molar-refractivity contribution is 5.75. The van der Waals surface area contributed by atoms with Crippen molar-refractivity contribution in [2.24, 2.45) is 35.5 Å². The highest BCUT2D eigenvalue weighted by Gasteiger charge is 2.47. The maximum Gasteiger partial charge on any atom is 0.219 e. The van der Waals surface area contributed by atoms with Gasteiger partial charge in [0.1, 0.15) is 0 Å². The Labute approximate surface area is 635 Å². The minimum absolute atomic E-state index is 0.288. The molecule has 9 heteroatoms. The molecule has 9 fully saturated rings. The molecule has 0 bridgehead atoms. The van der Waals surface area contributed by atoms with Crippen LogP contribution in [0.5, 0.6) is 0 Å². The van der Waals surface area contributed by atoms with Gasteiger partial charge in [-0.05, 0) is 286 Å². The first-order chi connectivity index (χ1) is 51.5. The number of carbonyl (C=O) groups excluding carboxylic acids is 3. The van der Waals surface area contributed by atoms with Gasteiger partial charge in [-0.25, -0.2) is 0 Å². The van der Waals surface area contributed by atoms with Crippen molar-refractivity contribution in [1.29, 1.82) is 0 Å². The van der Waals surface area contributed by atoms with Gasteiger partial charge in [0.05, 0.1) is 0 Å². The number of amides is 3. The monoisotopic (exact) mass is 1420 g/mol. The molecule has 6 saturated carbocycles. The summed E-state index contributed by atoms with van der Waals surface area (Å²) in [7, 11) is 0. The third-order valence-electron chi connectivity index (χ3n) is 27.5. The second-order valence-corrected chi connectivity index (χ2v) is 34.6. The second kappa shape index (κ2) is 39.1. The zero-order valence-electron chi connectivity index (χ0n) is 65.0. The second-order valence-electron chi connectivity index (χ2n) is 34.6. The number of carbonyl (C=O) groups is 3. The molecule has 564 valence electrons. The van der Waals surface area contributed by atoms with Gasteiger partial charge < -0.3 is 29.4 Å². The van der Waals surface area contributed by atoms with Crippen molar-refractivity contribution in [3.8, 4) is 0 Å². The van der Waals surface area contributed by atoms with Gasteiger partial charge in [0.2, 0.25) is 17.7 Å². The topological polar surface area (TPSA) is 70.7 Å². The lowest BCUT2D eigenvalue weighted by Gasteiger charge is -2.41. The molecule has 3 saturated heterocycles. The standard InChI is InChI=1S/C33H46N2O.C32H44N2O.C31H42N2O/c1-26(36)35(31-17-8-9-18-31)32-23-30(33(24-32)29-15-6-3-7-16-29)25-34-21-19-28(20-22-34)14-10-13-27-11-4-2-5-12-27;1-25(35)34(30-16-9-17-30)31-22-29(32(23-31)28-14-6-3-7-15-28)24-33-20-18-27(19-21-33)13-8-12-26-10-4-2-5-11-26;1-24(34)33(29-15-16-29)30-21-28(31(22-30)27-13-6-3-7-14-27)23-32-19-17-26(18-20-32)12-8-11-25-9-4-2-5-10-25/h2-7,11-12,15-16,28,30-33H,8-10,13-14,17-25H2,1H3;2-7,10-11,14-15,27,29-32H,8-9,12-13,16-24H2,1H3;2-7,9-10,13-14,26,28-31H,8,11-12,15-23H2,1H3/t30-,32?,33-;29-,31?,32-;28-,30?,31-/m111/s1. The van der Waals surface area contributed by atoms with E-state index in [1.54, 1.807) is 13.8 Å². The SMILES string of the molecule is CC(=O)N(C1CC1)C1C[C@H](CN2CCC(CCCc3ccccc3)CC2)[C@@H](c2ccccc2)C1.CC(=O)N(C1CCC1)C1C[C@H](CN2CCC(CCCc3ccccc3)CC2)[C@@H](c2ccccc2)C1.CC(=O)N(C1CCCC1)C1C[C@H](CN2CCC(CCCc3ccccc3)CC2)[C@@H](c2ccccc2)C1. The van der Waals surface area contributed by atoms with Crippen LogP contribution in [-0.4, -0.2) is 142 Å². The van der Waals surface area contributed by atoms with Gasteiger partial charge in [-0.2, -0.15) is 0 Å². The van der Waals surface area contributed by atoms with Crippen LogP contribution in [0.1, 0.15) is 245 Å². The number of likely N-dealkylation sites (tertiary alicyclic amines) is 3. The first-order valence-corrected chi connectivity index (χ1v) is 42.8. The molecule has 6 aliphatic carbocycles. The molecule has 0 aromatic heterocycles. The van der Waals surface area contributed by atoms with Gasteiger partial charge in [0.25, 0.3) is 0 Å². The summed E-state index contributed by atoms with van der Waals surface area (Å²) in [5, 5.41) is 0. The summed E-state index contributed by atoms with van der Waals surface area (Å²) in [5.41, 5.74) is 8.88. The smallest absolute Gasteiger partial charge is 0.219 e. The maximum absolute atomic E-state index is 12.8. The van der Waals surface area contributed by atoms with Crippen molar-refractivity contribution < 1.29 is 14.4 Å². The molecule has 9 atom stereocenters.